The van der Waals surface area contributed by atoms with Crippen LogP contribution in [0.5, 0.6) is 0 Å². The average molecular weight is 126 g/mol. The van der Waals surface area contributed by atoms with Crippen LogP contribution in [0.3, 0.4) is 0 Å². The number of nitrogens with zero attached hydrogens (tertiary/aromatic N) is 3. The third-order valence-corrected chi connectivity index (χ3v) is 0.807. The highest BCUT2D eigenvalue weighted by molar-refractivity contribution is 5.12. The van der Waals surface area contributed by atoms with Gasteiger partial charge in [-0.3, -0.25) is 0 Å². The van der Waals surface area contributed by atoms with Crippen molar-refractivity contribution in [1.29, 1.82) is 0 Å². The molecule has 1 radical (unpaired) electrons. The van der Waals surface area contributed by atoms with E-state index in [2.05, 4.69) is 12.0 Å². The zero-order chi connectivity index (χ0) is 6.85. The normalized spacial score (nSPS) is 9.44. The van der Waals surface area contributed by atoms with E-state index in [0.717, 1.165) is 0 Å². The smallest absolute Gasteiger partial charge is 0.358 e. The minimum Gasteiger partial charge on any atom is -0.358 e. The minimum atomic E-state index is -0.568. The molecule has 9 heavy (non-hydrogen) atoms. The highest BCUT2D eigenvalue weighted by Gasteiger charge is 2.05. The predicted molar refractivity (Wildman–Crippen MR) is 29.6 cm³/mol. The molecule has 0 atom stereocenters. The lowest BCUT2D eigenvalue weighted by molar-refractivity contribution is -0.389. The van der Waals surface area contributed by atoms with Gasteiger partial charge in [0.15, 0.2) is 0 Å². The average Bonchev–Trinajstić information content (AvgIpc) is 2.14. The molecule has 0 saturated heterocycles. The van der Waals surface area contributed by atoms with Crippen LogP contribution in [-0.2, 0) is 0 Å². The number of rotatable bonds is 1. The van der Waals surface area contributed by atoms with Gasteiger partial charge in [0, 0.05) is 7.05 Å². The summed E-state index contributed by atoms with van der Waals surface area (Å²) in [6.07, 6.45) is 2.51. The Labute approximate surface area is 51.1 Å². The minimum absolute atomic E-state index is 0.176. The molecule has 0 aliphatic rings. The Balaban J connectivity index is 2.98. The van der Waals surface area contributed by atoms with Crippen LogP contribution >= 0.6 is 0 Å². The van der Waals surface area contributed by atoms with Crippen LogP contribution in [0.4, 0.5) is 5.82 Å². The highest BCUT2D eigenvalue weighted by atomic mass is 16.6. The molecule has 0 saturated carbocycles. The molecular weight excluding hydrogens is 122 g/mol. The molecule has 1 aromatic heterocycles. The summed E-state index contributed by atoms with van der Waals surface area (Å²) in [5.74, 6) is -0.176. The van der Waals surface area contributed by atoms with Crippen molar-refractivity contribution in [1.82, 2.24) is 9.55 Å². The monoisotopic (exact) mass is 126 g/mol. The molecule has 1 heterocycles. The Hall–Kier alpha value is -1.39. The molecule has 5 nitrogen and oxygen atoms in total. The Kier molecular flexibility index (Phi) is 1.18. The van der Waals surface area contributed by atoms with Crippen molar-refractivity contribution < 1.29 is 4.92 Å². The lowest BCUT2D eigenvalue weighted by Crippen LogP contribution is -1.85. The van der Waals surface area contributed by atoms with Crippen LogP contribution < -0.4 is 0 Å². The van der Waals surface area contributed by atoms with E-state index in [-0.39, 0.29) is 5.82 Å². The number of aromatic nitrogens is 2. The fourth-order valence-electron chi connectivity index (χ4n) is 0.443. The largest absolute Gasteiger partial charge is 0.381 e. The zero-order valence-corrected chi connectivity index (χ0v) is 4.52. The van der Waals surface area contributed by atoms with Crippen molar-refractivity contribution >= 4 is 5.82 Å². The summed E-state index contributed by atoms with van der Waals surface area (Å²) in [6.45, 7) is 0. The van der Waals surface area contributed by atoms with Gasteiger partial charge in [0.2, 0.25) is 6.33 Å². The van der Waals surface area contributed by atoms with Gasteiger partial charge in [-0.1, -0.05) is 0 Å². The lowest BCUT2D eigenvalue weighted by Gasteiger charge is -1.82. The van der Waals surface area contributed by atoms with Crippen molar-refractivity contribution in [2.45, 2.75) is 0 Å². The first-order valence-corrected chi connectivity index (χ1v) is 2.19. The number of hydrogen-bond donors (Lipinski definition) is 0. The second kappa shape index (κ2) is 1.85. The van der Waals surface area contributed by atoms with Gasteiger partial charge in [0.1, 0.15) is 6.20 Å². The SMILES string of the molecule is [CH2]n1cnc([N+](=O)[O-])c1. The van der Waals surface area contributed by atoms with E-state index in [1.807, 2.05) is 0 Å². The number of hydrogen-bond acceptors (Lipinski definition) is 3. The molecule has 1 aromatic rings. The van der Waals surface area contributed by atoms with E-state index in [4.69, 9.17) is 0 Å². The summed E-state index contributed by atoms with van der Waals surface area (Å²) < 4.78 is 1.28. The van der Waals surface area contributed by atoms with Crippen molar-refractivity contribution in [2.75, 3.05) is 0 Å². The number of nitro groups is 1. The third-order valence-electron chi connectivity index (χ3n) is 0.807. The maximum atomic E-state index is 9.92. The summed E-state index contributed by atoms with van der Waals surface area (Å²) in [4.78, 5) is 12.8. The molecule has 0 N–H and O–H groups in total. The summed E-state index contributed by atoms with van der Waals surface area (Å²) in [7, 11) is 3.37. The Bertz CT molecular complexity index is 229. The van der Waals surface area contributed by atoms with E-state index in [9.17, 15) is 10.1 Å². The molecular formula is C4H4N3O2. The Morgan fingerprint density at radius 2 is 2.56 bits per heavy atom. The van der Waals surface area contributed by atoms with Crippen molar-refractivity contribution in [3.63, 3.8) is 0 Å². The van der Waals surface area contributed by atoms with Gasteiger partial charge < -0.3 is 14.7 Å². The van der Waals surface area contributed by atoms with Crippen LogP contribution in [0, 0.1) is 17.2 Å². The molecule has 5 heteroatoms. The molecule has 0 aliphatic carbocycles. The maximum Gasteiger partial charge on any atom is 0.381 e. The fraction of sp³-hybridized carbons (Fsp3) is 0. The van der Waals surface area contributed by atoms with Crippen molar-refractivity contribution in [3.8, 4) is 0 Å². The van der Waals surface area contributed by atoms with Crippen LogP contribution in [-0.4, -0.2) is 14.5 Å². The molecule has 0 fully saturated rings. The van der Waals surface area contributed by atoms with Gasteiger partial charge in [-0.2, -0.15) is 0 Å². The second-order valence-electron chi connectivity index (χ2n) is 1.50. The fourth-order valence-corrected chi connectivity index (χ4v) is 0.443. The number of imidazole rings is 1. The van der Waals surface area contributed by atoms with Gasteiger partial charge in [-0.05, 0) is 9.91 Å². The first kappa shape index (κ1) is 5.74. The lowest BCUT2D eigenvalue weighted by atomic mass is 10.8. The molecule has 0 aromatic carbocycles. The van der Waals surface area contributed by atoms with Crippen LogP contribution in [0.2, 0.25) is 0 Å². The standard InChI is InChI=1S/C4H4N3O2/c1-6-2-4(5-3-6)7(8)9/h2-3H,1H2. The predicted octanol–water partition coefficient (Wildman–Crippen LogP) is 0.431. The zero-order valence-electron chi connectivity index (χ0n) is 4.52. The first-order chi connectivity index (χ1) is 4.20. The summed E-state index contributed by atoms with van der Waals surface area (Å²) >= 11 is 0. The van der Waals surface area contributed by atoms with Gasteiger partial charge in [-0.25, -0.2) is 0 Å². The van der Waals surface area contributed by atoms with Crippen LogP contribution in [0.25, 0.3) is 0 Å². The van der Waals surface area contributed by atoms with E-state index >= 15 is 0 Å². The maximum absolute atomic E-state index is 9.92. The van der Waals surface area contributed by atoms with E-state index in [1.165, 1.54) is 17.1 Å². The Morgan fingerprint density at radius 3 is 2.78 bits per heavy atom. The molecule has 47 valence electrons. The van der Waals surface area contributed by atoms with Gasteiger partial charge in [0.05, 0.1) is 0 Å². The molecule has 1 rings (SSSR count). The highest BCUT2D eigenvalue weighted by Crippen LogP contribution is 2.03. The topological polar surface area (TPSA) is 61.0 Å². The molecule has 0 amide bonds. The summed E-state index contributed by atoms with van der Waals surface area (Å²) in [5.41, 5.74) is 0. The van der Waals surface area contributed by atoms with Crippen molar-refractivity contribution in [3.05, 3.63) is 29.7 Å². The van der Waals surface area contributed by atoms with E-state index < -0.39 is 4.92 Å². The summed E-state index contributed by atoms with van der Waals surface area (Å²) in [5, 5.41) is 9.92. The van der Waals surface area contributed by atoms with Crippen LogP contribution in [0.1, 0.15) is 0 Å². The van der Waals surface area contributed by atoms with Gasteiger partial charge >= 0.3 is 5.82 Å². The molecule has 0 bridgehead atoms. The Morgan fingerprint density at radius 1 is 1.89 bits per heavy atom. The van der Waals surface area contributed by atoms with Crippen LogP contribution in [0.15, 0.2) is 12.5 Å². The van der Waals surface area contributed by atoms with Gasteiger partial charge in [0.25, 0.3) is 0 Å². The first-order valence-electron chi connectivity index (χ1n) is 2.19. The third kappa shape index (κ3) is 1.04. The molecule has 0 spiro atoms. The van der Waals surface area contributed by atoms with E-state index in [0.29, 0.717) is 0 Å². The molecule has 0 unspecified atom stereocenters. The van der Waals surface area contributed by atoms with Gasteiger partial charge in [-0.15, -0.1) is 0 Å². The van der Waals surface area contributed by atoms with E-state index in [1.54, 1.807) is 0 Å². The van der Waals surface area contributed by atoms with Crippen molar-refractivity contribution in [2.24, 2.45) is 0 Å². The quantitative estimate of drug-likeness (QED) is 0.405. The second-order valence-corrected chi connectivity index (χ2v) is 1.50. The molecule has 0 aliphatic heterocycles. The summed E-state index contributed by atoms with van der Waals surface area (Å²) in [6, 6.07) is 0.